The molecule has 0 aliphatic carbocycles. The zero-order valence-corrected chi connectivity index (χ0v) is 5.88. The summed E-state index contributed by atoms with van der Waals surface area (Å²) in [5, 5.41) is 11.1. The molecule has 1 rings (SSSR count). The Labute approximate surface area is 62.7 Å². The molecule has 0 aliphatic rings. The minimum Gasteiger partial charge on any atom is -0.373 e. The van der Waals surface area contributed by atoms with Gasteiger partial charge < -0.3 is 5.32 Å². The first kappa shape index (κ1) is 7.28. The lowest BCUT2D eigenvalue weighted by atomic mass is 10.4. The van der Waals surface area contributed by atoms with Crippen LogP contribution in [0.3, 0.4) is 0 Å². The number of nitrogens with zero attached hydrogens (tertiary/aromatic N) is 2. The molecule has 0 radical (unpaired) electrons. The maximum atomic E-state index is 10.7. The molecule has 0 bridgehead atoms. The Morgan fingerprint density at radius 3 is 3.09 bits per heavy atom. The molecule has 0 fully saturated rings. The predicted octanol–water partition coefficient (Wildman–Crippen LogP) is -0.317. The van der Waals surface area contributed by atoms with E-state index in [0.29, 0.717) is 5.82 Å². The average molecular weight is 150 g/mol. The van der Waals surface area contributed by atoms with Crippen LogP contribution in [0.1, 0.15) is 5.69 Å². The van der Waals surface area contributed by atoms with E-state index in [1.165, 1.54) is 6.07 Å². The third-order valence-corrected chi connectivity index (χ3v) is 1.12. The molecule has 0 unspecified atom stereocenters. The summed E-state index contributed by atoms with van der Waals surface area (Å²) in [6.45, 7) is 0. The van der Waals surface area contributed by atoms with Gasteiger partial charge in [-0.1, -0.05) is 0 Å². The van der Waals surface area contributed by atoms with Crippen LogP contribution in [-0.2, 0) is 0 Å². The Balaban J connectivity index is 3.26. The van der Waals surface area contributed by atoms with Crippen molar-refractivity contribution in [3.63, 3.8) is 0 Å². The maximum Gasteiger partial charge on any atom is 0.347 e. The second kappa shape index (κ2) is 2.84. The second-order valence-electron chi connectivity index (χ2n) is 1.85. The average Bonchev–Trinajstić information content (AvgIpc) is 2.03. The first-order valence-corrected chi connectivity index (χ1v) is 2.95. The number of hydrogen-bond donors (Lipinski definition) is 2. The number of H-pyrrole nitrogens is 1. The molecule has 0 saturated heterocycles. The van der Waals surface area contributed by atoms with Crippen molar-refractivity contribution < 1.29 is 0 Å². The first-order valence-electron chi connectivity index (χ1n) is 2.95. The molecule has 56 valence electrons. The maximum absolute atomic E-state index is 10.7. The van der Waals surface area contributed by atoms with Crippen molar-refractivity contribution in [1.82, 2.24) is 9.97 Å². The van der Waals surface area contributed by atoms with Crippen LogP contribution in [0.5, 0.6) is 0 Å². The highest BCUT2D eigenvalue weighted by atomic mass is 16.1. The molecule has 1 aromatic heterocycles. The number of aromatic amines is 1. The Kier molecular flexibility index (Phi) is 1.88. The Bertz CT molecular complexity index is 348. The van der Waals surface area contributed by atoms with Crippen molar-refractivity contribution in [3.8, 4) is 6.07 Å². The smallest absolute Gasteiger partial charge is 0.347 e. The zero-order chi connectivity index (χ0) is 8.27. The van der Waals surface area contributed by atoms with Gasteiger partial charge in [0.05, 0.1) is 0 Å². The third kappa shape index (κ3) is 1.55. The number of aromatic nitrogens is 2. The molecule has 0 atom stereocenters. The lowest BCUT2D eigenvalue weighted by Crippen LogP contribution is -2.13. The van der Waals surface area contributed by atoms with Crippen LogP contribution >= 0.6 is 0 Å². The van der Waals surface area contributed by atoms with E-state index in [1.54, 1.807) is 13.1 Å². The van der Waals surface area contributed by atoms with Gasteiger partial charge in [0, 0.05) is 13.1 Å². The monoisotopic (exact) mass is 150 g/mol. The van der Waals surface area contributed by atoms with Crippen molar-refractivity contribution in [3.05, 3.63) is 22.2 Å². The van der Waals surface area contributed by atoms with Gasteiger partial charge in [0.2, 0.25) is 0 Å². The van der Waals surface area contributed by atoms with Crippen molar-refractivity contribution in [2.24, 2.45) is 0 Å². The van der Waals surface area contributed by atoms with Gasteiger partial charge in [0.25, 0.3) is 0 Å². The van der Waals surface area contributed by atoms with Crippen LogP contribution in [0.15, 0.2) is 10.9 Å². The van der Waals surface area contributed by atoms with Gasteiger partial charge >= 0.3 is 5.69 Å². The molecule has 1 heterocycles. The van der Waals surface area contributed by atoms with Gasteiger partial charge in [-0.15, -0.1) is 0 Å². The van der Waals surface area contributed by atoms with E-state index in [-0.39, 0.29) is 5.69 Å². The summed E-state index contributed by atoms with van der Waals surface area (Å²) in [6, 6.07) is 3.27. The van der Waals surface area contributed by atoms with Gasteiger partial charge in [-0.3, -0.25) is 4.98 Å². The molecule has 1 aromatic rings. The molecule has 5 nitrogen and oxygen atoms in total. The lowest BCUT2D eigenvalue weighted by Gasteiger charge is -1.95. The molecule has 11 heavy (non-hydrogen) atoms. The van der Waals surface area contributed by atoms with E-state index >= 15 is 0 Å². The molecule has 0 aliphatic heterocycles. The standard InChI is InChI=1S/C6H6N4O/c1-8-5-2-4(3-7)9-6(11)10-5/h2H,1H3,(H2,8,9,10,11). The van der Waals surface area contributed by atoms with Gasteiger partial charge in [0.1, 0.15) is 17.6 Å². The summed E-state index contributed by atoms with van der Waals surface area (Å²) in [5.74, 6) is 0.394. The number of anilines is 1. The highest BCUT2D eigenvalue weighted by Gasteiger charge is 1.95. The van der Waals surface area contributed by atoms with Gasteiger partial charge in [-0.05, 0) is 0 Å². The SMILES string of the molecule is CNc1cc(C#N)[nH]c(=O)n1. The van der Waals surface area contributed by atoms with Crippen molar-refractivity contribution >= 4 is 5.82 Å². The molecule has 0 spiro atoms. The van der Waals surface area contributed by atoms with Crippen LogP contribution in [-0.4, -0.2) is 17.0 Å². The van der Waals surface area contributed by atoms with Crippen LogP contribution in [0, 0.1) is 11.3 Å². The predicted molar refractivity (Wildman–Crippen MR) is 39.1 cm³/mol. The third-order valence-electron chi connectivity index (χ3n) is 1.12. The summed E-state index contributed by atoms with van der Waals surface area (Å²) in [6.07, 6.45) is 0. The van der Waals surface area contributed by atoms with Crippen LogP contribution < -0.4 is 11.0 Å². The largest absolute Gasteiger partial charge is 0.373 e. The van der Waals surface area contributed by atoms with Crippen molar-refractivity contribution in [1.29, 1.82) is 5.26 Å². The normalized spacial score (nSPS) is 8.73. The fourth-order valence-electron chi connectivity index (χ4n) is 0.646. The molecule has 2 N–H and O–H groups in total. The summed E-state index contributed by atoms with van der Waals surface area (Å²) in [5.41, 5.74) is -0.317. The van der Waals surface area contributed by atoms with Crippen LogP contribution in [0.2, 0.25) is 0 Å². The van der Waals surface area contributed by atoms with E-state index in [2.05, 4.69) is 15.3 Å². The van der Waals surface area contributed by atoms with Crippen LogP contribution in [0.25, 0.3) is 0 Å². The number of nitrogens with one attached hydrogen (secondary N) is 2. The molecule has 0 saturated carbocycles. The quantitative estimate of drug-likeness (QED) is 0.575. The zero-order valence-electron chi connectivity index (χ0n) is 5.88. The lowest BCUT2D eigenvalue weighted by molar-refractivity contribution is 1.05. The summed E-state index contributed by atoms with van der Waals surface area (Å²) < 4.78 is 0. The van der Waals surface area contributed by atoms with Crippen LogP contribution in [0.4, 0.5) is 5.82 Å². The number of nitriles is 1. The molecular weight excluding hydrogens is 144 g/mol. The molecule has 0 aromatic carbocycles. The highest BCUT2D eigenvalue weighted by molar-refractivity contribution is 5.37. The van der Waals surface area contributed by atoms with Gasteiger partial charge in [0.15, 0.2) is 0 Å². The molecule has 0 amide bonds. The fourth-order valence-corrected chi connectivity index (χ4v) is 0.646. The van der Waals surface area contributed by atoms with Crippen molar-refractivity contribution in [2.75, 3.05) is 12.4 Å². The minimum atomic E-state index is -0.520. The second-order valence-corrected chi connectivity index (χ2v) is 1.85. The molecular formula is C6H6N4O. The van der Waals surface area contributed by atoms with Gasteiger partial charge in [-0.2, -0.15) is 10.2 Å². The van der Waals surface area contributed by atoms with Crippen molar-refractivity contribution in [2.45, 2.75) is 0 Å². The fraction of sp³-hybridized carbons (Fsp3) is 0.167. The number of rotatable bonds is 1. The molecule has 5 heteroatoms. The Morgan fingerprint density at radius 1 is 1.82 bits per heavy atom. The van der Waals surface area contributed by atoms with E-state index in [0.717, 1.165) is 0 Å². The van der Waals surface area contributed by atoms with E-state index in [1.807, 2.05) is 0 Å². The van der Waals surface area contributed by atoms with Gasteiger partial charge in [-0.25, -0.2) is 4.79 Å². The van der Waals surface area contributed by atoms with E-state index in [4.69, 9.17) is 5.26 Å². The summed E-state index contributed by atoms with van der Waals surface area (Å²) in [4.78, 5) is 16.5. The summed E-state index contributed by atoms with van der Waals surface area (Å²) >= 11 is 0. The minimum absolute atomic E-state index is 0.203. The Morgan fingerprint density at radius 2 is 2.55 bits per heavy atom. The van der Waals surface area contributed by atoms with E-state index < -0.39 is 5.69 Å². The highest BCUT2D eigenvalue weighted by Crippen LogP contribution is 1.97. The first-order chi connectivity index (χ1) is 5.26. The number of hydrogen-bond acceptors (Lipinski definition) is 4. The van der Waals surface area contributed by atoms with E-state index in [9.17, 15) is 4.79 Å². The topological polar surface area (TPSA) is 81.6 Å². The summed E-state index contributed by atoms with van der Waals surface area (Å²) in [7, 11) is 1.63. The Hall–Kier alpha value is -1.83.